The largest absolute Gasteiger partial charge is 0.436 e. The van der Waals surface area contributed by atoms with Crippen LogP contribution < -0.4 is 0 Å². The quantitative estimate of drug-likeness (QED) is 0.757. The van der Waals surface area contributed by atoms with E-state index >= 15 is 0 Å². The number of hydrogen-bond acceptors (Lipinski definition) is 3. The van der Waals surface area contributed by atoms with Crippen molar-refractivity contribution in [1.82, 2.24) is 24.5 Å². The number of nitrogens with zero attached hydrogens (tertiary/aromatic N) is 5. The highest BCUT2D eigenvalue weighted by Crippen LogP contribution is 2.36. The van der Waals surface area contributed by atoms with Crippen LogP contribution in [0.15, 0.2) is 0 Å². The highest BCUT2D eigenvalue weighted by atomic mass is 35.5. The number of rotatable bonds is 5. The fraction of sp³-hybridized carbons (Fsp3) is 0.588. The number of halogens is 4. The highest BCUT2D eigenvalue weighted by Gasteiger charge is 2.39. The third kappa shape index (κ3) is 3.97. The summed E-state index contributed by atoms with van der Waals surface area (Å²) < 4.78 is 41.9. The molecule has 2 aromatic rings. The van der Waals surface area contributed by atoms with E-state index in [1.165, 1.54) is 18.7 Å². The maximum atomic E-state index is 13.0. The lowest BCUT2D eigenvalue weighted by Gasteiger charge is -2.22. The van der Waals surface area contributed by atoms with Gasteiger partial charge in [-0.3, -0.25) is 14.2 Å². The fourth-order valence-electron chi connectivity index (χ4n) is 3.07. The van der Waals surface area contributed by atoms with Gasteiger partial charge in [-0.2, -0.15) is 23.4 Å². The first kappa shape index (κ1) is 21.3. The molecule has 2 aromatic heterocycles. The molecule has 2 rings (SSSR count). The van der Waals surface area contributed by atoms with Crippen molar-refractivity contribution in [3.63, 3.8) is 0 Å². The number of carbonyl (C=O) groups is 1. The summed E-state index contributed by atoms with van der Waals surface area (Å²) in [6.07, 6.45) is -4.68. The van der Waals surface area contributed by atoms with Gasteiger partial charge in [0.2, 0.25) is 5.91 Å². The van der Waals surface area contributed by atoms with Gasteiger partial charge < -0.3 is 4.90 Å². The van der Waals surface area contributed by atoms with Gasteiger partial charge in [0.05, 0.1) is 16.4 Å². The summed E-state index contributed by atoms with van der Waals surface area (Å²) in [6.45, 7) is 9.70. The van der Waals surface area contributed by atoms with Gasteiger partial charge in [-0.1, -0.05) is 11.6 Å². The average molecular weight is 406 g/mol. The summed E-state index contributed by atoms with van der Waals surface area (Å²) >= 11 is 5.78. The molecule has 0 unspecified atom stereocenters. The summed E-state index contributed by atoms with van der Waals surface area (Å²) in [5, 5.41) is 7.47. The number of carbonyl (C=O) groups excluding carboxylic acids is 1. The fourth-order valence-corrected chi connectivity index (χ4v) is 3.30. The molecular weight excluding hydrogens is 383 g/mol. The molecule has 0 N–H and O–H groups in total. The second-order valence-corrected chi connectivity index (χ2v) is 6.90. The number of aromatic nitrogens is 4. The van der Waals surface area contributed by atoms with E-state index in [1.807, 2.05) is 25.5 Å². The first-order valence-corrected chi connectivity index (χ1v) is 8.87. The van der Waals surface area contributed by atoms with Gasteiger partial charge in [0.15, 0.2) is 5.69 Å². The van der Waals surface area contributed by atoms with Crippen molar-refractivity contribution in [2.75, 3.05) is 7.05 Å². The molecule has 0 bridgehead atoms. The third-order valence-electron chi connectivity index (χ3n) is 4.67. The standard InChI is InChI=1S/C17H23ClF3N5O/c1-7-25-10(3)13(9(2)22-25)8-24(6)16(27)12(5)26-11(4)14(18)15(23-26)17(19,20)21/h12H,7-8H2,1-6H3/t12-/m0/s1. The molecule has 10 heteroatoms. The number of likely N-dealkylation sites (N-methyl/N-ethyl adjacent to an activating group) is 1. The van der Waals surface area contributed by atoms with Crippen molar-refractivity contribution in [3.8, 4) is 0 Å². The van der Waals surface area contributed by atoms with Crippen LogP contribution in [0.4, 0.5) is 13.2 Å². The zero-order valence-corrected chi connectivity index (χ0v) is 16.9. The van der Waals surface area contributed by atoms with Gasteiger partial charge in [-0.05, 0) is 34.6 Å². The molecule has 0 fully saturated rings. The second kappa shape index (κ2) is 7.53. The van der Waals surface area contributed by atoms with Crippen LogP contribution in [0.2, 0.25) is 5.02 Å². The minimum absolute atomic E-state index is 0.101. The van der Waals surface area contributed by atoms with E-state index in [0.29, 0.717) is 13.1 Å². The Labute approximate surface area is 160 Å². The van der Waals surface area contributed by atoms with Crippen LogP contribution in [-0.2, 0) is 24.1 Å². The van der Waals surface area contributed by atoms with E-state index in [2.05, 4.69) is 10.2 Å². The van der Waals surface area contributed by atoms with Gasteiger partial charge in [-0.25, -0.2) is 0 Å². The molecule has 2 heterocycles. The molecule has 0 radical (unpaired) electrons. The van der Waals surface area contributed by atoms with Crippen LogP contribution >= 0.6 is 11.6 Å². The molecular formula is C17H23ClF3N5O. The Bertz CT molecular complexity index is 856. The Hall–Kier alpha value is -2.03. The molecule has 0 aliphatic carbocycles. The van der Waals surface area contributed by atoms with Crippen LogP contribution in [0, 0.1) is 20.8 Å². The SMILES string of the molecule is CCn1nc(C)c(CN(C)C(=O)[C@H](C)n2nc(C(F)(F)F)c(Cl)c2C)c1C. The summed E-state index contributed by atoms with van der Waals surface area (Å²) in [7, 11) is 1.60. The number of amides is 1. The summed E-state index contributed by atoms with van der Waals surface area (Å²) in [4.78, 5) is 14.2. The van der Waals surface area contributed by atoms with Gasteiger partial charge in [0, 0.05) is 31.4 Å². The number of hydrogen-bond donors (Lipinski definition) is 0. The molecule has 0 spiro atoms. The zero-order chi connectivity index (χ0) is 20.7. The first-order valence-electron chi connectivity index (χ1n) is 8.49. The molecule has 0 saturated heterocycles. The molecule has 0 aliphatic rings. The monoisotopic (exact) mass is 405 g/mol. The number of aryl methyl sites for hydroxylation is 2. The van der Waals surface area contributed by atoms with Crippen LogP contribution in [0.25, 0.3) is 0 Å². The third-order valence-corrected chi connectivity index (χ3v) is 5.12. The van der Waals surface area contributed by atoms with Crippen molar-refractivity contribution in [1.29, 1.82) is 0 Å². The maximum Gasteiger partial charge on any atom is 0.436 e. The maximum absolute atomic E-state index is 13.0. The Morgan fingerprint density at radius 3 is 2.26 bits per heavy atom. The predicted octanol–water partition coefficient (Wildman–Crippen LogP) is 3.92. The van der Waals surface area contributed by atoms with Crippen molar-refractivity contribution in [3.05, 3.63) is 33.4 Å². The Balaban J connectivity index is 2.26. The van der Waals surface area contributed by atoms with Gasteiger partial charge >= 0.3 is 6.18 Å². The molecule has 6 nitrogen and oxygen atoms in total. The van der Waals surface area contributed by atoms with Crippen LogP contribution in [-0.4, -0.2) is 37.4 Å². The van der Waals surface area contributed by atoms with Crippen molar-refractivity contribution in [2.45, 2.75) is 59.9 Å². The molecule has 0 aromatic carbocycles. The van der Waals surface area contributed by atoms with Gasteiger partial charge in [-0.15, -0.1) is 0 Å². The van der Waals surface area contributed by atoms with Crippen molar-refractivity contribution in [2.24, 2.45) is 0 Å². The van der Waals surface area contributed by atoms with E-state index in [4.69, 9.17) is 11.6 Å². The summed E-state index contributed by atoms with van der Waals surface area (Å²) in [5.41, 5.74) is 1.62. The summed E-state index contributed by atoms with van der Waals surface area (Å²) in [5.74, 6) is -0.367. The summed E-state index contributed by atoms with van der Waals surface area (Å²) in [6, 6.07) is -0.926. The topological polar surface area (TPSA) is 56.0 Å². The van der Waals surface area contributed by atoms with E-state index in [-0.39, 0.29) is 11.6 Å². The molecule has 0 aliphatic heterocycles. The normalized spacial score (nSPS) is 13.1. The van der Waals surface area contributed by atoms with E-state index < -0.39 is 22.9 Å². The van der Waals surface area contributed by atoms with Gasteiger partial charge in [0.25, 0.3) is 0 Å². The smallest absolute Gasteiger partial charge is 0.339 e. The molecule has 1 atom stereocenters. The minimum atomic E-state index is -4.68. The number of alkyl halides is 3. The Kier molecular flexibility index (Phi) is 5.94. The van der Waals surface area contributed by atoms with Crippen molar-refractivity contribution < 1.29 is 18.0 Å². The Morgan fingerprint density at radius 2 is 1.81 bits per heavy atom. The van der Waals surface area contributed by atoms with Crippen LogP contribution in [0.1, 0.15) is 48.2 Å². The van der Waals surface area contributed by atoms with E-state index in [9.17, 15) is 18.0 Å². The lowest BCUT2D eigenvalue weighted by Crippen LogP contribution is -2.34. The minimum Gasteiger partial charge on any atom is -0.339 e. The lowest BCUT2D eigenvalue weighted by atomic mass is 10.1. The molecule has 1 amide bonds. The first-order chi connectivity index (χ1) is 12.4. The lowest BCUT2D eigenvalue weighted by molar-refractivity contribution is -0.142. The van der Waals surface area contributed by atoms with Crippen LogP contribution in [0.5, 0.6) is 0 Å². The van der Waals surface area contributed by atoms with E-state index in [1.54, 1.807) is 7.05 Å². The molecule has 150 valence electrons. The predicted molar refractivity (Wildman–Crippen MR) is 95.5 cm³/mol. The molecule has 0 saturated carbocycles. The van der Waals surface area contributed by atoms with Crippen molar-refractivity contribution >= 4 is 17.5 Å². The molecule has 27 heavy (non-hydrogen) atoms. The Morgan fingerprint density at radius 1 is 1.22 bits per heavy atom. The van der Waals surface area contributed by atoms with Gasteiger partial charge in [0.1, 0.15) is 6.04 Å². The van der Waals surface area contributed by atoms with E-state index in [0.717, 1.165) is 21.6 Å². The van der Waals surface area contributed by atoms with Crippen LogP contribution in [0.3, 0.4) is 0 Å². The average Bonchev–Trinajstić information content (AvgIpc) is 3.04. The zero-order valence-electron chi connectivity index (χ0n) is 16.1. The second-order valence-electron chi connectivity index (χ2n) is 6.53. The highest BCUT2D eigenvalue weighted by molar-refractivity contribution is 6.32.